The van der Waals surface area contributed by atoms with Gasteiger partial charge in [-0.25, -0.2) is 4.98 Å². The van der Waals surface area contributed by atoms with Crippen LogP contribution in [0.15, 0.2) is 54.9 Å². The van der Waals surface area contributed by atoms with Crippen molar-refractivity contribution in [1.29, 1.82) is 0 Å². The topological polar surface area (TPSA) is 71.2 Å². The molecule has 0 atom stereocenters. The molecule has 3 aromatic rings. The number of hydrogen-bond donors (Lipinski definition) is 2. The third kappa shape index (κ3) is 2.01. The third-order valence-electron chi connectivity index (χ3n) is 2.79. The molecule has 0 saturated carbocycles. The molecule has 94 valence electrons. The summed E-state index contributed by atoms with van der Waals surface area (Å²) in [6, 6.07) is 11.9. The van der Waals surface area contributed by atoms with Crippen molar-refractivity contribution in [3.05, 3.63) is 54.9 Å². The highest BCUT2D eigenvalue weighted by Crippen LogP contribution is 2.24. The Morgan fingerprint density at radius 1 is 0.947 bits per heavy atom. The number of benzene rings is 1. The van der Waals surface area contributed by atoms with Crippen LogP contribution in [0.25, 0.3) is 22.8 Å². The van der Waals surface area contributed by atoms with Gasteiger partial charge in [0.25, 0.3) is 0 Å². The number of hydrogen-bond acceptors (Lipinski definition) is 4. The summed E-state index contributed by atoms with van der Waals surface area (Å²) in [7, 11) is 0. The van der Waals surface area contributed by atoms with Crippen LogP contribution in [0.2, 0.25) is 0 Å². The predicted molar refractivity (Wildman–Crippen MR) is 69.7 cm³/mol. The number of aromatic hydroxyl groups is 1. The molecular weight excluding hydrogens is 242 g/mol. The minimum atomic E-state index is 0.171. The molecule has 2 N–H and O–H groups in total. The summed E-state index contributed by atoms with van der Waals surface area (Å²) < 4.78 is 0.995. The maximum atomic E-state index is 10.2. The van der Waals surface area contributed by atoms with E-state index in [4.69, 9.17) is 0 Å². The van der Waals surface area contributed by atoms with Gasteiger partial charge in [0, 0.05) is 11.8 Å². The molecule has 19 heavy (non-hydrogen) atoms. The summed E-state index contributed by atoms with van der Waals surface area (Å²) in [4.78, 5) is 8.35. The van der Waals surface area contributed by atoms with E-state index in [1.165, 1.54) is 0 Å². The van der Waals surface area contributed by atoms with Gasteiger partial charge in [0.2, 0.25) is 0 Å². The van der Waals surface area contributed by atoms with E-state index >= 15 is 0 Å². The summed E-state index contributed by atoms with van der Waals surface area (Å²) in [5.74, 6) is 0.574. The fourth-order valence-electron chi connectivity index (χ4n) is 1.84. The molecule has 0 aliphatic heterocycles. The lowest BCUT2D eigenvalue weighted by Crippen LogP contribution is -1.97. The molecule has 0 amide bonds. The van der Waals surface area contributed by atoms with Crippen molar-refractivity contribution in [3.8, 4) is 28.5 Å². The number of phenolic OH excluding ortho intramolecular Hbond substituents is 1. The lowest BCUT2D eigenvalue weighted by Gasteiger charge is -2.04. The van der Waals surface area contributed by atoms with Gasteiger partial charge < -0.3 is 10.3 Å². The van der Waals surface area contributed by atoms with Gasteiger partial charge >= 0.3 is 0 Å². The number of imidazole rings is 1. The molecule has 0 radical (unpaired) electrons. The average molecular weight is 253 g/mol. The summed E-state index contributed by atoms with van der Waals surface area (Å²) in [6.45, 7) is 0. The highest BCUT2D eigenvalue weighted by atomic mass is 16.5. The summed E-state index contributed by atoms with van der Waals surface area (Å²) in [5.41, 5.74) is 1.87. The number of aromatic nitrogens is 3. The third-order valence-corrected chi connectivity index (χ3v) is 2.79. The van der Waals surface area contributed by atoms with E-state index in [9.17, 15) is 10.3 Å². The van der Waals surface area contributed by atoms with Gasteiger partial charge in [0.05, 0.1) is 11.9 Å². The van der Waals surface area contributed by atoms with Crippen molar-refractivity contribution in [2.75, 3.05) is 0 Å². The van der Waals surface area contributed by atoms with Crippen LogP contribution in [0.5, 0.6) is 5.75 Å². The van der Waals surface area contributed by atoms with Crippen LogP contribution >= 0.6 is 0 Å². The van der Waals surface area contributed by atoms with Crippen molar-refractivity contribution in [2.24, 2.45) is 0 Å². The van der Waals surface area contributed by atoms with Gasteiger partial charge in [-0.15, -0.1) is 0 Å². The largest absolute Gasteiger partial charge is 0.508 e. The Labute approximate surface area is 109 Å². The standard InChI is InChI=1S/C14H11N3O2/c18-11-6-4-10(5-7-11)14-16-9-13(17(14)19)12-3-1-2-8-15-12/h1-9,18-19H. The van der Waals surface area contributed by atoms with Crippen LogP contribution < -0.4 is 0 Å². The minimum absolute atomic E-state index is 0.171. The Morgan fingerprint density at radius 3 is 2.42 bits per heavy atom. The highest BCUT2D eigenvalue weighted by Gasteiger charge is 2.13. The van der Waals surface area contributed by atoms with Crippen LogP contribution in [0, 0.1) is 0 Å². The average Bonchev–Trinajstić information content (AvgIpc) is 2.83. The summed E-state index contributed by atoms with van der Waals surface area (Å²) in [6.07, 6.45) is 3.22. The van der Waals surface area contributed by atoms with Gasteiger partial charge in [-0.3, -0.25) is 4.98 Å². The highest BCUT2D eigenvalue weighted by molar-refractivity contribution is 5.63. The van der Waals surface area contributed by atoms with Crippen LogP contribution in [0.4, 0.5) is 0 Å². The summed E-state index contributed by atoms with van der Waals surface area (Å²) in [5, 5.41) is 19.4. The van der Waals surface area contributed by atoms with Crippen molar-refractivity contribution < 1.29 is 10.3 Å². The number of pyridine rings is 1. The second kappa shape index (κ2) is 4.45. The smallest absolute Gasteiger partial charge is 0.176 e. The van der Waals surface area contributed by atoms with Crippen LogP contribution in [0.1, 0.15) is 0 Å². The van der Waals surface area contributed by atoms with E-state index in [0.29, 0.717) is 22.8 Å². The normalized spacial score (nSPS) is 10.5. The Bertz CT molecular complexity index is 690. The second-order valence-corrected chi connectivity index (χ2v) is 4.04. The van der Waals surface area contributed by atoms with Gasteiger partial charge in [-0.05, 0) is 36.4 Å². The zero-order valence-corrected chi connectivity index (χ0v) is 9.93. The van der Waals surface area contributed by atoms with E-state index in [1.807, 2.05) is 12.1 Å². The molecule has 3 rings (SSSR count). The first kappa shape index (κ1) is 11.3. The molecular formula is C14H11N3O2. The Kier molecular flexibility index (Phi) is 2.64. The first-order chi connectivity index (χ1) is 9.25. The zero-order chi connectivity index (χ0) is 13.2. The van der Waals surface area contributed by atoms with E-state index in [2.05, 4.69) is 9.97 Å². The van der Waals surface area contributed by atoms with Gasteiger partial charge in [-0.1, -0.05) is 6.07 Å². The van der Waals surface area contributed by atoms with E-state index in [-0.39, 0.29) is 5.75 Å². The van der Waals surface area contributed by atoms with Gasteiger partial charge in [0.15, 0.2) is 5.82 Å². The lowest BCUT2D eigenvalue weighted by atomic mass is 10.2. The minimum Gasteiger partial charge on any atom is -0.508 e. The number of phenols is 1. The first-order valence-electron chi connectivity index (χ1n) is 5.73. The second-order valence-electron chi connectivity index (χ2n) is 4.04. The van der Waals surface area contributed by atoms with Crippen LogP contribution in [-0.2, 0) is 0 Å². The van der Waals surface area contributed by atoms with E-state index in [1.54, 1.807) is 42.7 Å². The first-order valence-corrected chi connectivity index (χ1v) is 5.73. The number of rotatable bonds is 2. The van der Waals surface area contributed by atoms with E-state index < -0.39 is 0 Å². The lowest BCUT2D eigenvalue weighted by molar-refractivity contribution is 0.195. The fraction of sp³-hybridized carbons (Fsp3) is 0. The van der Waals surface area contributed by atoms with Gasteiger partial charge in [-0.2, -0.15) is 4.73 Å². The molecule has 0 spiro atoms. The summed E-state index contributed by atoms with van der Waals surface area (Å²) >= 11 is 0. The molecule has 0 unspecified atom stereocenters. The number of nitrogens with zero attached hydrogens (tertiary/aromatic N) is 3. The molecule has 0 aliphatic carbocycles. The maximum absolute atomic E-state index is 10.2. The molecule has 2 aromatic heterocycles. The van der Waals surface area contributed by atoms with Crippen molar-refractivity contribution in [2.45, 2.75) is 0 Å². The quantitative estimate of drug-likeness (QED) is 0.688. The molecule has 0 saturated heterocycles. The van der Waals surface area contributed by atoms with Crippen molar-refractivity contribution in [3.63, 3.8) is 0 Å². The molecule has 5 heteroatoms. The SMILES string of the molecule is Oc1ccc(-c2ncc(-c3ccccn3)n2O)cc1. The van der Waals surface area contributed by atoms with Crippen LogP contribution in [-0.4, -0.2) is 25.0 Å². The Balaban J connectivity index is 2.06. The Hall–Kier alpha value is -2.82. The molecule has 0 fully saturated rings. The maximum Gasteiger partial charge on any atom is 0.176 e. The molecule has 1 aromatic carbocycles. The zero-order valence-electron chi connectivity index (χ0n) is 9.93. The predicted octanol–water partition coefficient (Wildman–Crippen LogP) is 2.55. The Morgan fingerprint density at radius 2 is 1.74 bits per heavy atom. The van der Waals surface area contributed by atoms with Crippen molar-refractivity contribution in [1.82, 2.24) is 14.7 Å². The monoisotopic (exact) mass is 253 g/mol. The van der Waals surface area contributed by atoms with Crippen LogP contribution in [0.3, 0.4) is 0 Å². The van der Waals surface area contributed by atoms with Crippen molar-refractivity contribution >= 4 is 0 Å². The molecule has 0 bridgehead atoms. The fourth-order valence-corrected chi connectivity index (χ4v) is 1.84. The van der Waals surface area contributed by atoms with Gasteiger partial charge in [0.1, 0.15) is 11.4 Å². The molecule has 0 aliphatic rings. The molecule has 5 nitrogen and oxygen atoms in total. The van der Waals surface area contributed by atoms with E-state index in [0.717, 1.165) is 4.73 Å². The molecule has 2 heterocycles.